The third-order valence-corrected chi connectivity index (χ3v) is 1.77. The van der Waals surface area contributed by atoms with Crippen LogP contribution in [0.25, 0.3) is 0 Å². The molecule has 0 radical (unpaired) electrons. The maximum atomic E-state index is 11.5. The van der Waals surface area contributed by atoms with E-state index < -0.39 is 0 Å². The van der Waals surface area contributed by atoms with Crippen LogP contribution < -0.4 is 0 Å². The van der Waals surface area contributed by atoms with Crippen molar-refractivity contribution in [2.24, 2.45) is 5.92 Å². The van der Waals surface area contributed by atoms with Gasteiger partial charge in [-0.05, 0) is 25.0 Å². The molecule has 0 aliphatic heterocycles. The number of hydrogen-bond donors (Lipinski definition) is 0. The van der Waals surface area contributed by atoms with Crippen LogP contribution in [0.15, 0.2) is 18.2 Å². The summed E-state index contributed by atoms with van der Waals surface area (Å²) in [4.78, 5) is 15.7. The minimum Gasteiger partial charge on any atom is -0.292 e. The molecule has 1 aromatic heterocycles. The van der Waals surface area contributed by atoms with Gasteiger partial charge in [-0.1, -0.05) is 19.9 Å². The van der Waals surface area contributed by atoms with Gasteiger partial charge in [0.25, 0.3) is 0 Å². The lowest BCUT2D eigenvalue weighted by molar-refractivity contribution is 0.0963. The van der Waals surface area contributed by atoms with Gasteiger partial charge in [-0.2, -0.15) is 0 Å². The fourth-order valence-electron chi connectivity index (χ4n) is 1.17. The summed E-state index contributed by atoms with van der Waals surface area (Å²) in [7, 11) is 0. The monoisotopic (exact) mass is 177 g/mol. The Morgan fingerprint density at radius 2 is 2.15 bits per heavy atom. The highest BCUT2D eigenvalue weighted by Gasteiger charge is 2.08. The van der Waals surface area contributed by atoms with Crippen LogP contribution >= 0.6 is 0 Å². The number of aromatic nitrogens is 1. The van der Waals surface area contributed by atoms with Crippen LogP contribution in [0, 0.1) is 12.8 Å². The van der Waals surface area contributed by atoms with Gasteiger partial charge in [-0.25, -0.2) is 0 Å². The Labute approximate surface area is 79.0 Å². The molecule has 1 heterocycles. The molecule has 0 aliphatic rings. The van der Waals surface area contributed by atoms with Crippen molar-refractivity contribution in [1.29, 1.82) is 0 Å². The van der Waals surface area contributed by atoms with Gasteiger partial charge in [0.15, 0.2) is 5.78 Å². The van der Waals surface area contributed by atoms with E-state index in [1.165, 1.54) is 0 Å². The average Bonchev–Trinajstić information content (AvgIpc) is 2.03. The average molecular weight is 177 g/mol. The Morgan fingerprint density at radius 1 is 1.46 bits per heavy atom. The van der Waals surface area contributed by atoms with Crippen molar-refractivity contribution in [2.45, 2.75) is 27.2 Å². The summed E-state index contributed by atoms with van der Waals surface area (Å²) >= 11 is 0. The standard InChI is InChI=1S/C11H15NO/c1-8(2)7-11(13)10-6-4-5-9(3)12-10/h4-6,8H,7H2,1-3H3. The molecular weight excluding hydrogens is 162 g/mol. The predicted octanol–water partition coefficient (Wildman–Crippen LogP) is 2.62. The molecule has 70 valence electrons. The van der Waals surface area contributed by atoms with Gasteiger partial charge in [0.2, 0.25) is 0 Å². The molecule has 13 heavy (non-hydrogen) atoms. The summed E-state index contributed by atoms with van der Waals surface area (Å²) in [6, 6.07) is 5.54. The van der Waals surface area contributed by atoms with E-state index in [1.807, 2.05) is 32.9 Å². The van der Waals surface area contributed by atoms with E-state index in [2.05, 4.69) is 4.98 Å². The molecule has 1 rings (SSSR count). The summed E-state index contributed by atoms with van der Waals surface area (Å²) in [5, 5.41) is 0. The number of rotatable bonds is 3. The predicted molar refractivity (Wildman–Crippen MR) is 52.8 cm³/mol. The SMILES string of the molecule is Cc1cccc(C(=O)CC(C)C)n1. The van der Waals surface area contributed by atoms with E-state index in [0.29, 0.717) is 18.0 Å². The molecule has 0 saturated heterocycles. The quantitative estimate of drug-likeness (QED) is 0.664. The van der Waals surface area contributed by atoms with Crippen LogP contribution in [-0.2, 0) is 0 Å². The largest absolute Gasteiger partial charge is 0.292 e. The molecule has 2 nitrogen and oxygen atoms in total. The number of aryl methyl sites for hydroxylation is 1. The molecule has 0 bridgehead atoms. The van der Waals surface area contributed by atoms with Gasteiger partial charge in [-0.3, -0.25) is 9.78 Å². The first-order valence-electron chi connectivity index (χ1n) is 4.56. The molecule has 0 amide bonds. The Kier molecular flexibility index (Phi) is 3.18. The molecule has 0 spiro atoms. The van der Waals surface area contributed by atoms with Crippen molar-refractivity contribution < 1.29 is 4.79 Å². The topological polar surface area (TPSA) is 30.0 Å². The van der Waals surface area contributed by atoms with E-state index in [-0.39, 0.29) is 5.78 Å². The zero-order valence-electron chi connectivity index (χ0n) is 8.37. The number of carbonyl (C=O) groups excluding carboxylic acids is 1. The fourth-order valence-corrected chi connectivity index (χ4v) is 1.17. The van der Waals surface area contributed by atoms with Crippen molar-refractivity contribution in [3.05, 3.63) is 29.6 Å². The van der Waals surface area contributed by atoms with Gasteiger partial charge in [0.1, 0.15) is 5.69 Å². The zero-order valence-corrected chi connectivity index (χ0v) is 8.37. The van der Waals surface area contributed by atoms with Gasteiger partial charge >= 0.3 is 0 Å². The molecule has 0 aromatic carbocycles. The fraction of sp³-hybridized carbons (Fsp3) is 0.455. The van der Waals surface area contributed by atoms with E-state index in [0.717, 1.165) is 5.69 Å². The third kappa shape index (κ3) is 2.98. The molecule has 0 N–H and O–H groups in total. The minimum absolute atomic E-state index is 0.138. The molecule has 0 aliphatic carbocycles. The molecule has 0 atom stereocenters. The summed E-state index contributed by atoms with van der Waals surface area (Å²) in [5.74, 6) is 0.536. The lowest BCUT2D eigenvalue weighted by atomic mass is 10.0. The molecule has 2 heteroatoms. The summed E-state index contributed by atoms with van der Waals surface area (Å²) in [6.07, 6.45) is 0.580. The second-order valence-electron chi connectivity index (χ2n) is 3.69. The Bertz CT molecular complexity index is 305. The highest BCUT2D eigenvalue weighted by Crippen LogP contribution is 2.07. The lowest BCUT2D eigenvalue weighted by Gasteiger charge is -2.03. The molecular formula is C11H15NO. The lowest BCUT2D eigenvalue weighted by Crippen LogP contribution is -2.06. The number of Topliss-reactive ketones (excluding diaryl/α,β-unsaturated/α-hetero) is 1. The van der Waals surface area contributed by atoms with E-state index in [1.54, 1.807) is 6.07 Å². The van der Waals surface area contributed by atoms with Gasteiger partial charge < -0.3 is 0 Å². The van der Waals surface area contributed by atoms with Crippen molar-refractivity contribution in [3.63, 3.8) is 0 Å². The van der Waals surface area contributed by atoms with Crippen LogP contribution in [-0.4, -0.2) is 10.8 Å². The zero-order chi connectivity index (χ0) is 9.84. The van der Waals surface area contributed by atoms with E-state index >= 15 is 0 Å². The summed E-state index contributed by atoms with van der Waals surface area (Å²) in [5.41, 5.74) is 1.49. The number of pyridine rings is 1. The second kappa shape index (κ2) is 4.17. The van der Waals surface area contributed by atoms with Crippen LogP contribution in [0.2, 0.25) is 0 Å². The first kappa shape index (κ1) is 9.90. The smallest absolute Gasteiger partial charge is 0.181 e. The minimum atomic E-state index is 0.138. The van der Waals surface area contributed by atoms with Crippen LogP contribution in [0.1, 0.15) is 36.5 Å². The Morgan fingerprint density at radius 3 is 2.69 bits per heavy atom. The number of ketones is 1. The normalized spacial score (nSPS) is 10.5. The first-order chi connectivity index (χ1) is 6.09. The van der Waals surface area contributed by atoms with Crippen molar-refractivity contribution in [3.8, 4) is 0 Å². The van der Waals surface area contributed by atoms with Crippen LogP contribution in [0.3, 0.4) is 0 Å². The molecule has 1 aromatic rings. The van der Waals surface area contributed by atoms with Crippen molar-refractivity contribution in [1.82, 2.24) is 4.98 Å². The summed E-state index contributed by atoms with van der Waals surface area (Å²) < 4.78 is 0. The maximum Gasteiger partial charge on any atom is 0.181 e. The van der Waals surface area contributed by atoms with Gasteiger partial charge in [0.05, 0.1) is 0 Å². The Balaban J connectivity index is 2.77. The van der Waals surface area contributed by atoms with Crippen molar-refractivity contribution >= 4 is 5.78 Å². The molecule has 0 fully saturated rings. The first-order valence-corrected chi connectivity index (χ1v) is 4.56. The highest BCUT2D eigenvalue weighted by atomic mass is 16.1. The molecule has 0 saturated carbocycles. The van der Waals surface area contributed by atoms with E-state index in [9.17, 15) is 4.79 Å². The van der Waals surface area contributed by atoms with Gasteiger partial charge in [-0.15, -0.1) is 0 Å². The highest BCUT2D eigenvalue weighted by molar-refractivity contribution is 5.94. The number of carbonyl (C=O) groups is 1. The third-order valence-electron chi connectivity index (χ3n) is 1.77. The second-order valence-corrected chi connectivity index (χ2v) is 3.69. The van der Waals surface area contributed by atoms with Crippen LogP contribution in [0.5, 0.6) is 0 Å². The molecule has 0 unspecified atom stereocenters. The maximum absolute atomic E-state index is 11.5. The van der Waals surface area contributed by atoms with Gasteiger partial charge in [0, 0.05) is 12.1 Å². The number of nitrogens with zero attached hydrogens (tertiary/aromatic N) is 1. The van der Waals surface area contributed by atoms with E-state index in [4.69, 9.17) is 0 Å². The Hall–Kier alpha value is -1.18. The number of hydrogen-bond acceptors (Lipinski definition) is 2. The van der Waals surface area contributed by atoms with Crippen molar-refractivity contribution in [2.75, 3.05) is 0 Å². The summed E-state index contributed by atoms with van der Waals surface area (Å²) in [6.45, 7) is 5.97. The van der Waals surface area contributed by atoms with Crippen LogP contribution in [0.4, 0.5) is 0 Å².